The second-order valence-electron chi connectivity index (χ2n) is 7.09. The molecule has 2 aromatic carbocycles. The topological polar surface area (TPSA) is 89.5 Å². The summed E-state index contributed by atoms with van der Waals surface area (Å²) in [5.74, 6) is -3.52. The van der Waals surface area contributed by atoms with E-state index >= 15 is 0 Å². The lowest BCUT2D eigenvalue weighted by Gasteiger charge is -2.29. The second-order valence-corrected chi connectivity index (χ2v) is 8.84. The van der Waals surface area contributed by atoms with E-state index in [1.807, 2.05) is 0 Å². The Labute approximate surface area is 174 Å². The largest absolute Gasteiger partial charge is 0.465 e. The van der Waals surface area contributed by atoms with Gasteiger partial charge >= 0.3 is 5.97 Å². The smallest absolute Gasteiger partial charge is 0.317 e. The number of carbonyl (C=O) groups excluding carboxylic acids is 2. The maximum atomic E-state index is 14.5. The highest BCUT2D eigenvalue weighted by atomic mass is 32.2. The number of hydrogen-bond donors (Lipinski definition) is 1. The molecule has 0 saturated heterocycles. The Bertz CT molecular complexity index is 1110. The number of sulfonamides is 1. The molecule has 0 spiro atoms. The number of hydrogen-bond acceptors (Lipinski definition) is 5. The Balaban J connectivity index is 2.03. The monoisotopic (exact) mass is 431 g/mol. The lowest BCUT2D eigenvalue weighted by molar-refractivity contribution is -0.151. The van der Waals surface area contributed by atoms with Crippen LogP contribution in [0.25, 0.3) is 5.57 Å². The molecule has 158 valence electrons. The quantitative estimate of drug-likeness (QED) is 0.558. The van der Waals surface area contributed by atoms with Crippen molar-refractivity contribution in [2.45, 2.75) is 19.3 Å². The lowest BCUT2D eigenvalue weighted by atomic mass is 9.73. The first-order valence-corrected chi connectivity index (χ1v) is 11.3. The van der Waals surface area contributed by atoms with E-state index in [0.717, 1.165) is 6.26 Å². The molecule has 0 aromatic heterocycles. The minimum atomic E-state index is -3.47. The fourth-order valence-electron chi connectivity index (χ4n) is 3.65. The molecule has 1 aliphatic carbocycles. The maximum Gasteiger partial charge on any atom is 0.317 e. The van der Waals surface area contributed by atoms with Gasteiger partial charge in [0.15, 0.2) is 5.78 Å². The fraction of sp³-hybridized carbons (Fsp3) is 0.273. The molecule has 30 heavy (non-hydrogen) atoms. The van der Waals surface area contributed by atoms with Crippen molar-refractivity contribution >= 4 is 33.0 Å². The highest BCUT2D eigenvalue weighted by Gasteiger charge is 2.40. The van der Waals surface area contributed by atoms with Gasteiger partial charge in [0.1, 0.15) is 11.7 Å². The molecular formula is C22H22FNO5S. The SMILES string of the molecule is CCOC(=O)[C@@H]1C(=O)C=C(c2cccc(NS(C)(=O)=O)c2)C[C@H]1c1ccccc1F. The number of ether oxygens (including phenoxy) is 1. The van der Waals surface area contributed by atoms with Gasteiger partial charge in [0.25, 0.3) is 0 Å². The van der Waals surface area contributed by atoms with Crippen molar-refractivity contribution in [1.82, 2.24) is 0 Å². The third-order valence-electron chi connectivity index (χ3n) is 4.85. The predicted octanol–water partition coefficient (Wildman–Crippen LogP) is 3.52. The number of rotatable bonds is 6. The number of allylic oxidation sites excluding steroid dienone is 2. The summed E-state index contributed by atoms with van der Waals surface area (Å²) in [6.07, 6.45) is 2.62. The van der Waals surface area contributed by atoms with Crippen LogP contribution in [0.1, 0.15) is 30.4 Å². The third kappa shape index (κ3) is 4.94. The molecule has 2 aromatic rings. The van der Waals surface area contributed by atoms with Crippen LogP contribution in [0.3, 0.4) is 0 Å². The van der Waals surface area contributed by atoms with E-state index in [1.54, 1.807) is 49.4 Å². The van der Waals surface area contributed by atoms with E-state index in [2.05, 4.69) is 4.72 Å². The van der Waals surface area contributed by atoms with Crippen molar-refractivity contribution in [2.24, 2.45) is 5.92 Å². The van der Waals surface area contributed by atoms with Crippen molar-refractivity contribution in [3.63, 3.8) is 0 Å². The summed E-state index contributed by atoms with van der Waals surface area (Å²) < 4.78 is 45.1. The number of carbonyl (C=O) groups is 2. The zero-order valence-corrected chi connectivity index (χ0v) is 17.4. The van der Waals surface area contributed by atoms with Crippen molar-refractivity contribution < 1.29 is 27.1 Å². The molecule has 0 radical (unpaired) electrons. The molecule has 0 fully saturated rings. The molecule has 0 bridgehead atoms. The van der Waals surface area contributed by atoms with Crippen LogP contribution in [-0.2, 0) is 24.3 Å². The molecule has 0 unspecified atom stereocenters. The second kappa shape index (κ2) is 8.79. The lowest BCUT2D eigenvalue weighted by Crippen LogP contribution is -2.34. The molecule has 0 saturated carbocycles. The first-order valence-electron chi connectivity index (χ1n) is 9.43. The van der Waals surface area contributed by atoms with Crippen molar-refractivity contribution in [2.75, 3.05) is 17.6 Å². The molecule has 1 N–H and O–H groups in total. The van der Waals surface area contributed by atoms with Crippen LogP contribution in [0.2, 0.25) is 0 Å². The maximum absolute atomic E-state index is 14.5. The van der Waals surface area contributed by atoms with Crippen LogP contribution in [0.15, 0.2) is 54.6 Å². The van der Waals surface area contributed by atoms with Gasteiger partial charge in [0.2, 0.25) is 10.0 Å². The highest BCUT2D eigenvalue weighted by molar-refractivity contribution is 7.92. The van der Waals surface area contributed by atoms with Crippen LogP contribution < -0.4 is 4.72 Å². The van der Waals surface area contributed by atoms with Crippen molar-refractivity contribution in [3.8, 4) is 0 Å². The van der Waals surface area contributed by atoms with Crippen LogP contribution in [0.4, 0.5) is 10.1 Å². The zero-order chi connectivity index (χ0) is 21.9. The van der Waals surface area contributed by atoms with Crippen LogP contribution in [0, 0.1) is 11.7 Å². The van der Waals surface area contributed by atoms with Crippen LogP contribution >= 0.6 is 0 Å². The summed E-state index contributed by atoms with van der Waals surface area (Å²) in [4.78, 5) is 25.4. The number of benzene rings is 2. The van der Waals surface area contributed by atoms with E-state index in [4.69, 9.17) is 4.74 Å². The summed E-state index contributed by atoms with van der Waals surface area (Å²) in [5.41, 5.74) is 1.81. The van der Waals surface area contributed by atoms with E-state index in [9.17, 15) is 22.4 Å². The van der Waals surface area contributed by atoms with Gasteiger partial charge in [0.05, 0.1) is 12.9 Å². The number of esters is 1. The Kier molecular flexibility index (Phi) is 6.36. The summed E-state index contributed by atoms with van der Waals surface area (Å²) in [5, 5.41) is 0. The molecule has 0 amide bonds. The van der Waals surface area contributed by atoms with Gasteiger partial charge in [-0.25, -0.2) is 12.8 Å². The molecule has 3 rings (SSSR count). The number of ketones is 1. The van der Waals surface area contributed by atoms with Crippen molar-refractivity contribution in [3.05, 3.63) is 71.6 Å². The molecule has 8 heteroatoms. The van der Waals surface area contributed by atoms with Gasteiger partial charge in [0, 0.05) is 11.6 Å². The first-order chi connectivity index (χ1) is 14.2. The zero-order valence-electron chi connectivity index (χ0n) is 16.6. The van der Waals surface area contributed by atoms with Gasteiger partial charge in [-0.05, 0) is 54.3 Å². The highest BCUT2D eigenvalue weighted by Crippen LogP contribution is 2.41. The molecule has 2 atom stereocenters. The molecule has 0 aliphatic heterocycles. The summed E-state index contributed by atoms with van der Waals surface area (Å²) in [7, 11) is -3.47. The average Bonchev–Trinajstić information content (AvgIpc) is 2.66. The van der Waals surface area contributed by atoms with Crippen molar-refractivity contribution in [1.29, 1.82) is 0 Å². The minimum Gasteiger partial charge on any atom is -0.465 e. The van der Waals surface area contributed by atoms with Crippen LogP contribution in [0.5, 0.6) is 0 Å². The Morgan fingerprint density at radius 3 is 2.60 bits per heavy atom. The summed E-state index contributed by atoms with van der Waals surface area (Å²) in [6, 6.07) is 12.6. The molecular weight excluding hydrogens is 409 g/mol. The molecule has 0 heterocycles. The third-order valence-corrected chi connectivity index (χ3v) is 5.45. The Morgan fingerprint density at radius 2 is 1.93 bits per heavy atom. The van der Waals surface area contributed by atoms with Gasteiger partial charge in [-0.3, -0.25) is 14.3 Å². The van der Waals surface area contributed by atoms with E-state index in [1.165, 1.54) is 12.1 Å². The number of nitrogens with one attached hydrogen (secondary N) is 1. The first kappa shape index (κ1) is 21.7. The number of halogens is 1. The van der Waals surface area contributed by atoms with Gasteiger partial charge < -0.3 is 4.74 Å². The normalized spacial score (nSPS) is 19.2. The number of anilines is 1. The van der Waals surface area contributed by atoms with Gasteiger partial charge in [-0.2, -0.15) is 0 Å². The van der Waals surface area contributed by atoms with Crippen LogP contribution in [-0.4, -0.2) is 33.0 Å². The van der Waals surface area contributed by atoms with E-state index in [-0.39, 0.29) is 18.6 Å². The summed E-state index contributed by atoms with van der Waals surface area (Å²) in [6.45, 7) is 1.76. The minimum absolute atomic E-state index is 0.113. The Hall–Kier alpha value is -3.00. The van der Waals surface area contributed by atoms with Gasteiger partial charge in [-0.1, -0.05) is 30.3 Å². The predicted molar refractivity (Wildman–Crippen MR) is 112 cm³/mol. The fourth-order valence-corrected chi connectivity index (χ4v) is 4.20. The van der Waals surface area contributed by atoms with E-state index < -0.39 is 39.4 Å². The molecule has 6 nitrogen and oxygen atoms in total. The molecule has 1 aliphatic rings. The average molecular weight is 431 g/mol. The van der Waals surface area contributed by atoms with Gasteiger partial charge in [-0.15, -0.1) is 0 Å². The Morgan fingerprint density at radius 1 is 1.20 bits per heavy atom. The standard InChI is InChI=1S/C22H22FNO5S/c1-3-29-22(26)21-18(17-9-4-5-10-19(17)23)12-15(13-20(21)25)14-7-6-8-16(11-14)24-30(2,27)28/h4-11,13,18,21,24H,3,12H2,1-2H3/t18-,21-/m0/s1. The van der Waals surface area contributed by atoms with E-state index in [0.29, 0.717) is 16.8 Å². The summed E-state index contributed by atoms with van der Waals surface area (Å²) >= 11 is 0.